The summed E-state index contributed by atoms with van der Waals surface area (Å²) in [5.41, 5.74) is 0. The number of benzene rings is 1. The number of amides is 1. The number of hydrogen-bond donors (Lipinski definition) is 2. The summed E-state index contributed by atoms with van der Waals surface area (Å²) < 4.78 is 12.7. The lowest BCUT2D eigenvalue weighted by atomic mass is 10.3. The smallest absolute Gasteiger partial charge is 0.230 e. The lowest BCUT2D eigenvalue weighted by Gasteiger charge is -2.04. The number of carbonyl (C=O) groups excluding carboxylic acids is 1. The zero-order valence-corrected chi connectivity index (χ0v) is 11.8. The van der Waals surface area contributed by atoms with Crippen LogP contribution in [-0.2, 0) is 11.2 Å². The lowest BCUT2D eigenvalue weighted by Crippen LogP contribution is -2.26. The zero-order valence-electron chi connectivity index (χ0n) is 10.9. The Morgan fingerprint density at radius 2 is 2.15 bits per heavy atom. The van der Waals surface area contributed by atoms with Crippen molar-refractivity contribution in [1.29, 1.82) is 0 Å². The predicted molar refractivity (Wildman–Crippen MR) is 77.0 cm³/mol. The van der Waals surface area contributed by atoms with Gasteiger partial charge in [0.05, 0.1) is 5.75 Å². The highest BCUT2D eigenvalue weighted by atomic mass is 32.2. The van der Waals surface area contributed by atoms with E-state index in [0.29, 0.717) is 12.3 Å². The molecular formula is C14H16FN3OS. The molecule has 0 bridgehead atoms. The first-order valence-corrected chi connectivity index (χ1v) is 7.36. The van der Waals surface area contributed by atoms with Crippen LogP contribution in [0.4, 0.5) is 4.39 Å². The molecule has 0 fully saturated rings. The first kappa shape index (κ1) is 14.6. The number of thioether (sulfide) groups is 1. The van der Waals surface area contributed by atoms with Gasteiger partial charge in [-0.25, -0.2) is 9.37 Å². The molecule has 106 valence electrons. The summed E-state index contributed by atoms with van der Waals surface area (Å²) in [7, 11) is 0. The van der Waals surface area contributed by atoms with Crippen LogP contribution in [0.25, 0.3) is 0 Å². The Balaban J connectivity index is 1.59. The summed E-state index contributed by atoms with van der Waals surface area (Å²) in [6.07, 6.45) is 5.17. The van der Waals surface area contributed by atoms with Crippen molar-refractivity contribution in [3.05, 3.63) is 48.3 Å². The van der Waals surface area contributed by atoms with Gasteiger partial charge in [0.25, 0.3) is 0 Å². The van der Waals surface area contributed by atoms with Crippen LogP contribution in [0, 0.1) is 5.82 Å². The summed E-state index contributed by atoms with van der Waals surface area (Å²) in [5.74, 6) is 0.988. The first-order chi connectivity index (χ1) is 9.74. The Labute approximate surface area is 121 Å². The summed E-state index contributed by atoms with van der Waals surface area (Å²) in [4.78, 5) is 19.6. The third-order valence-electron chi connectivity index (χ3n) is 2.65. The van der Waals surface area contributed by atoms with E-state index in [0.717, 1.165) is 23.6 Å². The van der Waals surface area contributed by atoms with E-state index in [2.05, 4.69) is 15.3 Å². The predicted octanol–water partition coefficient (Wildman–Crippen LogP) is 2.39. The van der Waals surface area contributed by atoms with E-state index in [4.69, 9.17) is 0 Å². The zero-order chi connectivity index (χ0) is 14.2. The van der Waals surface area contributed by atoms with Gasteiger partial charge in [-0.15, -0.1) is 11.8 Å². The average Bonchev–Trinajstić information content (AvgIpc) is 2.96. The quantitative estimate of drug-likeness (QED) is 0.609. The number of halogens is 1. The normalized spacial score (nSPS) is 10.4. The minimum Gasteiger partial charge on any atom is -0.355 e. The van der Waals surface area contributed by atoms with Crippen molar-refractivity contribution in [3.8, 4) is 0 Å². The lowest BCUT2D eigenvalue weighted by molar-refractivity contribution is -0.118. The van der Waals surface area contributed by atoms with E-state index in [1.807, 2.05) is 0 Å². The molecule has 0 saturated carbocycles. The molecule has 0 spiro atoms. The van der Waals surface area contributed by atoms with E-state index in [1.54, 1.807) is 24.5 Å². The van der Waals surface area contributed by atoms with Gasteiger partial charge in [0.15, 0.2) is 0 Å². The molecule has 1 aromatic heterocycles. The van der Waals surface area contributed by atoms with Crippen molar-refractivity contribution in [2.45, 2.75) is 17.7 Å². The number of aromatic amines is 1. The van der Waals surface area contributed by atoms with Gasteiger partial charge in [-0.2, -0.15) is 0 Å². The highest BCUT2D eigenvalue weighted by molar-refractivity contribution is 8.00. The van der Waals surface area contributed by atoms with Crippen molar-refractivity contribution in [3.63, 3.8) is 0 Å². The van der Waals surface area contributed by atoms with Gasteiger partial charge in [0, 0.05) is 30.3 Å². The largest absolute Gasteiger partial charge is 0.355 e. The monoisotopic (exact) mass is 293 g/mol. The van der Waals surface area contributed by atoms with Crippen LogP contribution in [0.15, 0.2) is 41.6 Å². The molecule has 0 aliphatic rings. The number of carbonyl (C=O) groups is 1. The molecule has 2 rings (SSSR count). The third kappa shape index (κ3) is 5.05. The molecule has 2 N–H and O–H groups in total. The number of nitrogens with zero attached hydrogens (tertiary/aromatic N) is 1. The van der Waals surface area contributed by atoms with Gasteiger partial charge in [-0.1, -0.05) is 0 Å². The molecule has 1 aromatic carbocycles. The average molecular weight is 293 g/mol. The number of imidazole rings is 1. The standard InChI is InChI=1S/C14H16FN3OS/c15-11-3-5-12(6-4-11)20-10-14(19)18-7-1-2-13-16-8-9-17-13/h3-6,8-9H,1-2,7,10H2,(H,16,17)(H,18,19). The Kier molecular flexibility index (Phi) is 5.61. The van der Waals surface area contributed by atoms with E-state index >= 15 is 0 Å². The van der Waals surface area contributed by atoms with E-state index in [9.17, 15) is 9.18 Å². The second kappa shape index (κ2) is 7.69. The molecule has 1 amide bonds. The molecule has 0 saturated heterocycles. The van der Waals surface area contributed by atoms with Crippen molar-refractivity contribution in [2.75, 3.05) is 12.3 Å². The summed E-state index contributed by atoms with van der Waals surface area (Å²) in [6, 6.07) is 6.13. The Hall–Kier alpha value is -1.82. The van der Waals surface area contributed by atoms with Gasteiger partial charge < -0.3 is 10.3 Å². The van der Waals surface area contributed by atoms with Crippen LogP contribution in [0.3, 0.4) is 0 Å². The van der Waals surface area contributed by atoms with Gasteiger partial charge in [0.1, 0.15) is 11.6 Å². The van der Waals surface area contributed by atoms with Gasteiger partial charge in [0.2, 0.25) is 5.91 Å². The van der Waals surface area contributed by atoms with Crippen LogP contribution < -0.4 is 5.32 Å². The fourth-order valence-electron chi connectivity index (χ4n) is 1.65. The highest BCUT2D eigenvalue weighted by Crippen LogP contribution is 2.17. The Morgan fingerprint density at radius 1 is 1.35 bits per heavy atom. The topological polar surface area (TPSA) is 57.8 Å². The number of H-pyrrole nitrogens is 1. The number of nitrogens with one attached hydrogen (secondary N) is 2. The number of aryl methyl sites for hydroxylation is 1. The highest BCUT2D eigenvalue weighted by Gasteiger charge is 2.03. The molecule has 0 aliphatic heterocycles. The van der Waals surface area contributed by atoms with E-state index in [1.165, 1.54) is 23.9 Å². The maximum absolute atomic E-state index is 12.7. The van der Waals surface area contributed by atoms with Gasteiger partial charge in [-0.3, -0.25) is 4.79 Å². The molecule has 6 heteroatoms. The summed E-state index contributed by atoms with van der Waals surface area (Å²) in [5, 5.41) is 2.85. The molecular weight excluding hydrogens is 277 g/mol. The number of rotatable bonds is 7. The van der Waals surface area contributed by atoms with E-state index < -0.39 is 0 Å². The summed E-state index contributed by atoms with van der Waals surface area (Å²) >= 11 is 1.40. The van der Waals surface area contributed by atoms with Crippen LogP contribution >= 0.6 is 11.8 Å². The minimum atomic E-state index is -0.267. The molecule has 0 atom stereocenters. The third-order valence-corrected chi connectivity index (χ3v) is 3.66. The number of aromatic nitrogens is 2. The maximum atomic E-state index is 12.7. The van der Waals surface area contributed by atoms with E-state index in [-0.39, 0.29) is 11.7 Å². The molecule has 4 nitrogen and oxygen atoms in total. The van der Waals surface area contributed by atoms with Crippen LogP contribution in [0.2, 0.25) is 0 Å². The first-order valence-electron chi connectivity index (χ1n) is 6.37. The summed E-state index contributed by atoms with van der Waals surface area (Å²) in [6.45, 7) is 0.628. The van der Waals surface area contributed by atoms with Crippen molar-refractivity contribution in [2.24, 2.45) is 0 Å². The van der Waals surface area contributed by atoms with Crippen molar-refractivity contribution >= 4 is 17.7 Å². The fraction of sp³-hybridized carbons (Fsp3) is 0.286. The van der Waals surface area contributed by atoms with Gasteiger partial charge >= 0.3 is 0 Å². The van der Waals surface area contributed by atoms with Crippen molar-refractivity contribution in [1.82, 2.24) is 15.3 Å². The molecule has 0 unspecified atom stereocenters. The van der Waals surface area contributed by atoms with Crippen LogP contribution in [0.1, 0.15) is 12.2 Å². The molecule has 0 radical (unpaired) electrons. The van der Waals surface area contributed by atoms with Gasteiger partial charge in [-0.05, 0) is 30.7 Å². The van der Waals surface area contributed by atoms with Crippen LogP contribution in [-0.4, -0.2) is 28.2 Å². The maximum Gasteiger partial charge on any atom is 0.230 e. The second-order valence-corrected chi connectivity index (χ2v) is 5.28. The Morgan fingerprint density at radius 3 is 2.85 bits per heavy atom. The molecule has 1 heterocycles. The Bertz CT molecular complexity index is 528. The SMILES string of the molecule is O=C(CSc1ccc(F)cc1)NCCCc1ncc[nH]1. The van der Waals surface area contributed by atoms with Crippen molar-refractivity contribution < 1.29 is 9.18 Å². The molecule has 0 aliphatic carbocycles. The number of hydrogen-bond acceptors (Lipinski definition) is 3. The molecule has 2 aromatic rings. The molecule has 20 heavy (non-hydrogen) atoms. The van der Waals surface area contributed by atoms with Crippen LogP contribution in [0.5, 0.6) is 0 Å². The minimum absolute atomic E-state index is 0.0150. The fourth-order valence-corrected chi connectivity index (χ4v) is 2.38. The second-order valence-electron chi connectivity index (χ2n) is 4.23.